The highest BCUT2D eigenvalue weighted by Gasteiger charge is 2.24. The van der Waals surface area contributed by atoms with E-state index < -0.39 is 0 Å². The van der Waals surface area contributed by atoms with Crippen LogP contribution in [-0.2, 0) is 4.79 Å². The van der Waals surface area contributed by atoms with Gasteiger partial charge in [-0.3, -0.25) is 4.79 Å². The summed E-state index contributed by atoms with van der Waals surface area (Å²) in [7, 11) is 0. The van der Waals surface area contributed by atoms with Crippen LogP contribution in [0, 0.1) is 5.92 Å². The Bertz CT molecular complexity index is 439. The fourth-order valence-corrected chi connectivity index (χ4v) is 2.43. The van der Waals surface area contributed by atoms with Gasteiger partial charge in [-0.1, -0.05) is 26.0 Å². The number of nitrogens with zero attached hydrogens (tertiary/aromatic N) is 2. The zero-order valence-corrected chi connectivity index (χ0v) is 11.8. The molecule has 4 nitrogen and oxygen atoms in total. The molecule has 0 bridgehead atoms. The molecule has 1 aliphatic rings. The van der Waals surface area contributed by atoms with Crippen LogP contribution in [-0.4, -0.2) is 37.0 Å². The van der Waals surface area contributed by atoms with Gasteiger partial charge in [-0.05, 0) is 18.6 Å². The Morgan fingerprint density at radius 2 is 1.89 bits per heavy atom. The van der Waals surface area contributed by atoms with Crippen molar-refractivity contribution in [2.24, 2.45) is 5.92 Å². The largest absolute Gasteiger partial charge is 0.397 e. The first-order valence-electron chi connectivity index (χ1n) is 7.01. The summed E-state index contributed by atoms with van der Waals surface area (Å²) in [5.41, 5.74) is 7.88. The fraction of sp³-hybridized carbons (Fsp3) is 0.533. The molecule has 1 heterocycles. The molecule has 0 radical (unpaired) electrons. The van der Waals surface area contributed by atoms with Crippen LogP contribution in [0.4, 0.5) is 11.4 Å². The highest BCUT2D eigenvalue weighted by molar-refractivity contribution is 5.79. The van der Waals surface area contributed by atoms with Gasteiger partial charge in [0.25, 0.3) is 0 Å². The van der Waals surface area contributed by atoms with E-state index in [0.717, 1.165) is 44.0 Å². The lowest BCUT2D eigenvalue weighted by molar-refractivity contribution is -0.135. The zero-order valence-electron chi connectivity index (χ0n) is 11.8. The standard InChI is InChI=1S/C15H23N3O/c1-3-12(2)15(19)18-10-8-17(9-11-18)14-7-5-4-6-13(14)16/h4-7,12H,3,8-11,16H2,1-2H3. The third-order valence-corrected chi connectivity index (χ3v) is 3.90. The molecule has 0 spiro atoms. The Kier molecular flexibility index (Phi) is 4.30. The number of nitrogens with two attached hydrogens (primary N) is 1. The van der Waals surface area contributed by atoms with E-state index in [2.05, 4.69) is 11.8 Å². The Morgan fingerprint density at radius 1 is 1.26 bits per heavy atom. The van der Waals surface area contributed by atoms with Crippen LogP contribution in [0.3, 0.4) is 0 Å². The molecule has 1 amide bonds. The van der Waals surface area contributed by atoms with E-state index in [4.69, 9.17) is 5.73 Å². The number of hydrogen-bond donors (Lipinski definition) is 1. The van der Waals surface area contributed by atoms with Crippen LogP contribution in [0.25, 0.3) is 0 Å². The summed E-state index contributed by atoms with van der Waals surface area (Å²) in [5.74, 6) is 0.413. The summed E-state index contributed by atoms with van der Waals surface area (Å²) in [6.45, 7) is 7.36. The maximum Gasteiger partial charge on any atom is 0.225 e. The first kappa shape index (κ1) is 13.7. The molecule has 2 N–H and O–H groups in total. The van der Waals surface area contributed by atoms with E-state index in [1.807, 2.05) is 36.1 Å². The van der Waals surface area contributed by atoms with Crippen molar-refractivity contribution < 1.29 is 4.79 Å². The highest BCUT2D eigenvalue weighted by Crippen LogP contribution is 2.23. The van der Waals surface area contributed by atoms with Gasteiger partial charge in [0.05, 0.1) is 11.4 Å². The minimum Gasteiger partial charge on any atom is -0.397 e. The number of piperazine rings is 1. The molecule has 104 valence electrons. The molecule has 19 heavy (non-hydrogen) atoms. The molecule has 0 aliphatic carbocycles. The molecule has 4 heteroatoms. The number of para-hydroxylation sites is 2. The van der Waals surface area contributed by atoms with Gasteiger partial charge in [-0.15, -0.1) is 0 Å². The molecule has 1 aliphatic heterocycles. The van der Waals surface area contributed by atoms with Crippen molar-refractivity contribution in [3.05, 3.63) is 24.3 Å². The van der Waals surface area contributed by atoms with E-state index in [9.17, 15) is 4.79 Å². The van der Waals surface area contributed by atoms with Crippen LogP contribution < -0.4 is 10.6 Å². The molecular weight excluding hydrogens is 238 g/mol. The second kappa shape index (κ2) is 5.95. The first-order valence-corrected chi connectivity index (χ1v) is 7.01. The summed E-state index contributed by atoms with van der Waals surface area (Å²) in [6, 6.07) is 7.91. The SMILES string of the molecule is CCC(C)C(=O)N1CCN(c2ccccc2N)CC1. The Labute approximate surface area is 115 Å². The van der Waals surface area contributed by atoms with Crippen molar-refractivity contribution in [2.75, 3.05) is 36.8 Å². The summed E-state index contributed by atoms with van der Waals surface area (Å²) >= 11 is 0. The Hall–Kier alpha value is -1.71. The number of nitrogen functional groups attached to an aromatic ring is 1. The second-order valence-corrected chi connectivity index (χ2v) is 5.18. The number of rotatable bonds is 3. The summed E-state index contributed by atoms with van der Waals surface area (Å²) in [5, 5.41) is 0. The van der Waals surface area contributed by atoms with Gasteiger partial charge in [0.1, 0.15) is 0 Å². The van der Waals surface area contributed by atoms with E-state index in [1.54, 1.807) is 0 Å². The lowest BCUT2D eigenvalue weighted by Crippen LogP contribution is -2.50. The van der Waals surface area contributed by atoms with E-state index in [0.29, 0.717) is 0 Å². The predicted octanol–water partition coefficient (Wildman–Crippen LogP) is 1.96. The zero-order chi connectivity index (χ0) is 13.8. The lowest BCUT2D eigenvalue weighted by atomic mass is 10.1. The van der Waals surface area contributed by atoms with Crippen molar-refractivity contribution in [3.63, 3.8) is 0 Å². The number of hydrogen-bond acceptors (Lipinski definition) is 3. The molecule has 0 saturated carbocycles. The fourth-order valence-electron chi connectivity index (χ4n) is 2.43. The van der Waals surface area contributed by atoms with E-state index >= 15 is 0 Å². The van der Waals surface area contributed by atoms with Crippen LogP contribution in [0.5, 0.6) is 0 Å². The van der Waals surface area contributed by atoms with Gasteiger partial charge >= 0.3 is 0 Å². The van der Waals surface area contributed by atoms with Crippen molar-refractivity contribution in [1.82, 2.24) is 4.90 Å². The monoisotopic (exact) mass is 261 g/mol. The van der Waals surface area contributed by atoms with Gasteiger partial charge in [-0.2, -0.15) is 0 Å². The maximum absolute atomic E-state index is 12.1. The lowest BCUT2D eigenvalue weighted by Gasteiger charge is -2.37. The van der Waals surface area contributed by atoms with Crippen LogP contribution in [0.2, 0.25) is 0 Å². The molecule has 1 aromatic carbocycles. The van der Waals surface area contributed by atoms with Crippen LogP contribution in [0.15, 0.2) is 24.3 Å². The Morgan fingerprint density at radius 3 is 2.47 bits per heavy atom. The molecule has 1 atom stereocenters. The first-order chi connectivity index (χ1) is 9.13. The minimum atomic E-state index is 0.133. The van der Waals surface area contributed by atoms with Crippen LogP contribution in [0.1, 0.15) is 20.3 Å². The summed E-state index contributed by atoms with van der Waals surface area (Å²) in [6.07, 6.45) is 0.907. The second-order valence-electron chi connectivity index (χ2n) is 5.18. The van der Waals surface area contributed by atoms with Gasteiger partial charge in [0.2, 0.25) is 5.91 Å². The van der Waals surface area contributed by atoms with Gasteiger partial charge in [0.15, 0.2) is 0 Å². The van der Waals surface area contributed by atoms with Crippen molar-refractivity contribution in [3.8, 4) is 0 Å². The number of carbonyl (C=O) groups is 1. The normalized spacial score (nSPS) is 17.4. The highest BCUT2D eigenvalue weighted by atomic mass is 16.2. The minimum absolute atomic E-state index is 0.133. The quantitative estimate of drug-likeness (QED) is 0.846. The van der Waals surface area contributed by atoms with E-state index in [-0.39, 0.29) is 11.8 Å². The topological polar surface area (TPSA) is 49.6 Å². The number of benzene rings is 1. The maximum atomic E-state index is 12.1. The molecule has 0 aromatic heterocycles. The molecule has 1 saturated heterocycles. The van der Waals surface area contributed by atoms with Crippen molar-refractivity contribution in [2.45, 2.75) is 20.3 Å². The van der Waals surface area contributed by atoms with Gasteiger partial charge in [0, 0.05) is 32.1 Å². The molecular formula is C15H23N3O. The van der Waals surface area contributed by atoms with Crippen molar-refractivity contribution in [1.29, 1.82) is 0 Å². The van der Waals surface area contributed by atoms with Gasteiger partial charge in [-0.25, -0.2) is 0 Å². The number of carbonyl (C=O) groups excluding carboxylic acids is 1. The number of amides is 1. The summed E-state index contributed by atoms with van der Waals surface area (Å²) in [4.78, 5) is 16.4. The summed E-state index contributed by atoms with van der Waals surface area (Å²) < 4.78 is 0. The molecule has 1 unspecified atom stereocenters. The smallest absolute Gasteiger partial charge is 0.225 e. The molecule has 1 fully saturated rings. The van der Waals surface area contributed by atoms with Crippen molar-refractivity contribution >= 4 is 17.3 Å². The number of anilines is 2. The average Bonchev–Trinajstić information content (AvgIpc) is 2.46. The van der Waals surface area contributed by atoms with E-state index in [1.165, 1.54) is 0 Å². The van der Waals surface area contributed by atoms with Crippen LogP contribution >= 0.6 is 0 Å². The average molecular weight is 261 g/mol. The molecule has 2 rings (SSSR count). The Balaban J connectivity index is 1.96. The third-order valence-electron chi connectivity index (χ3n) is 3.90. The van der Waals surface area contributed by atoms with Gasteiger partial charge < -0.3 is 15.5 Å². The third kappa shape index (κ3) is 3.00. The predicted molar refractivity (Wildman–Crippen MR) is 79.1 cm³/mol. The molecule has 1 aromatic rings.